The summed E-state index contributed by atoms with van der Waals surface area (Å²) in [5, 5.41) is 12.3. The van der Waals surface area contributed by atoms with E-state index in [1.165, 1.54) is 11.8 Å². The van der Waals surface area contributed by atoms with Crippen LogP contribution < -0.4 is 5.32 Å². The molecule has 0 radical (unpaired) electrons. The van der Waals surface area contributed by atoms with Gasteiger partial charge >= 0.3 is 5.97 Å². The molecule has 3 atom stereocenters. The number of likely N-dealkylation sites (N-methyl/N-ethyl adjacent to an activating group) is 1. The van der Waals surface area contributed by atoms with Gasteiger partial charge in [-0.05, 0) is 24.2 Å². The maximum Gasteiger partial charge on any atom is 0.307 e. The zero-order valence-electron chi connectivity index (χ0n) is 13.5. The van der Waals surface area contributed by atoms with Crippen molar-refractivity contribution in [1.29, 1.82) is 0 Å². The summed E-state index contributed by atoms with van der Waals surface area (Å²) in [6.07, 6.45) is 1.21. The summed E-state index contributed by atoms with van der Waals surface area (Å²) in [7, 11) is 1.58. The number of rotatable bonds is 4. The predicted molar refractivity (Wildman–Crippen MR) is 78.5 cm³/mol. The topological polar surface area (TPSA) is 86.7 Å². The van der Waals surface area contributed by atoms with E-state index >= 15 is 0 Å². The Kier molecular flexibility index (Phi) is 5.36. The van der Waals surface area contributed by atoms with Gasteiger partial charge in [0, 0.05) is 20.0 Å². The van der Waals surface area contributed by atoms with Crippen LogP contribution in [0, 0.1) is 17.3 Å². The summed E-state index contributed by atoms with van der Waals surface area (Å²) in [6, 6.07) is -0.0524. The lowest BCUT2D eigenvalue weighted by Crippen LogP contribution is -2.53. The molecule has 6 nitrogen and oxygen atoms in total. The largest absolute Gasteiger partial charge is 0.481 e. The molecule has 2 N–H and O–H groups in total. The van der Waals surface area contributed by atoms with Gasteiger partial charge in [-0.25, -0.2) is 0 Å². The van der Waals surface area contributed by atoms with Gasteiger partial charge in [-0.1, -0.05) is 20.8 Å². The zero-order chi connectivity index (χ0) is 16.4. The minimum absolute atomic E-state index is 0.0291. The maximum atomic E-state index is 12.0. The van der Waals surface area contributed by atoms with Gasteiger partial charge in [-0.2, -0.15) is 0 Å². The number of aliphatic carboxylic acids is 1. The van der Waals surface area contributed by atoms with E-state index < -0.39 is 5.97 Å². The third-order valence-electron chi connectivity index (χ3n) is 5.00. The lowest BCUT2D eigenvalue weighted by molar-refractivity contribution is -0.150. The zero-order valence-corrected chi connectivity index (χ0v) is 13.5. The molecule has 0 bridgehead atoms. The molecule has 1 rings (SSSR count). The Bertz CT molecular complexity index is 433. The first-order chi connectivity index (χ1) is 9.57. The first-order valence-electron chi connectivity index (χ1n) is 7.31. The molecule has 3 unspecified atom stereocenters. The molecule has 1 aliphatic rings. The van der Waals surface area contributed by atoms with Gasteiger partial charge in [0.1, 0.15) is 0 Å². The summed E-state index contributed by atoms with van der Waals surface area (Å²) < 4.78 is 0. The second kappa shape index (κ2) is 6.45. The van der Waals surface area contributed by atoms with Crippen LogP contribution in [0.3, 0.4) is 0 Å². The molecule has 1 saturated carbocycles. The van der Waals surface area contributed by atoms with Gasteiger partial charge in [0.2, 0.25) is 11.8 Å². The van der Waals surface area contributed by atoms with Crippen LogP contribution in [0.25, 0.3) is 0 Å². The highest BCUT2D eigenvalue weighted by molar-refractivity contribution is 5.83. The second-order valence-electron chi connectivity index (χ2n) is 6.63. The number of carbonyl (C=O) groups is 3. The van der Waals surface area contributed by atoms with E-state index in [4.69, 9.17) is 0 Å². The minimum atomic E-state index is -0.770. The fraction of sp³-hybridized carbons (Fsp3) is 0.800. The molecule has 1 aliphatic carbocycles. The van der Waals surface area contributed by atoms with Crippen molar-refractivity contribution in [3.8, 4) is 0 Å². The van der Waals surface area contributed by atoms with Crippen LogP contribution in [0.1, 0.15) is 40.5 Å². The van der Waals surface area contributed by atoms with Crippen LogP contribution in [0.15, 0.2) is 0 Å². The Labute approximate surface area is 125 Å². The van der Waals surface area contributed by atoms with E-state index in [2.05, 4.69) is 5.32 Å². The van der Waals surface area contributed by atoms with Gasteiger partial charge in [0.05, 0.1) is 12.5 Å². The van der Waals surface area contributed by atoms with E-state index in [0.717, 1.165) is 0 Å². The molecule has 0 aliphatic heterocycles. The lowest BCUT2D eigenvalue weighted by atomic mass is 9.61. The molecule has 0 heterocycles. The number of hydrogen-bond acceptors (Lipinski definition) is 3. The summed E-state index contributed by atoms with van der Waals surface area (Å²) in [5.41, 5.74) is -0.380. The summed E-state index contributed by atoms with van der Waals surface area (Å²) >= 11 is 0. The van der Waals surface area contributed by atoms with Crippen molar-refractivity contribution in [1.82, 2.24) is 10.2 Å². The van der Waals surface area contributed by atoms with Crippen LogP contribution in [0.5, 0.6) is 0 Å². The quantitative estimate of drug-likeness (QED) is 0.814. The third kappa shape index (κ3) is 3.95. The van der Waals surface area contributed by atoms with Crippen LogP contribution in [-0.4, -0.2) is 47.4 Å². The molecular formula is C15H26N2O4. The Morgan fingerprint density at radius 2 is 1.86 bits per heavy atom. The molecular weight excluding hydrogens is 272 g/mol. The number of nitrogens with one attached hydrogen (secondary N) is 1. The lowest BCUT2D eigenvalue weighted by Gasteiger charge is -2.46. The van der Waals surface area contributed by atoms with Crippen molar-refractivity contribution in [2.75, 3.05) is 13.6 Å². The smallest absolute Gasteiger partial charge is 0.307 e. The molecule has 120 valence electrons. The van der Waals surface area contributed by atoms with Gasteiger partial charge < -0.3 is 15.3 Å². The molecule has 6 heteroatoms. The molecule has 0 spiro atoms. The molecule has 1 fully saturated rings. The highest BCUT2D eigenvalue weighted by Gasteiger charge is 2.46. The Balaban J connectivity index is 2.68. The number of carboxylic acids is 1. The standard InChI is InChI=1S/C15H26N2O4/c1-9-12(16-13(19)8-17(5)10(2)18)7-6-11(14(20)21)15(9,3)4/h9,11-12H,6-8H2,1-5H3,(H,16,19)(H,20,21). The van der Waals surface area contributed by atoms with Gasteiger partial charge in [0.15, 0.2) is 0 Å². The Hall–Kier alpha value is -1.59. The number of carbonyl (C=O) groups excluding carboxylic acids is 2. The van der Waals surface area contributed by atoms with Crippen LogP contribution in [0.2, 0.25) is 0 Å². The fourth-order valence-corrected chi connectivity index (χ4v) is 3.02. The van der Waals surface area contributed by atoms with E-state index in [1.54, 1.807) is 7.05 Å². The van der Waals surface area contributed by atoms with Crippen LogP contribution in [-0.2, 0) is 14.4 Å². The van der Waals surface area contributed by atoms with Crippen molar-refractivity contribution in [2.45, 2.75) is 46.6 Å². The fourth-order valence-electron chi connectivity index (χ4n) is 3.02. The SMILES string of the molecule is CC(=O)N(C)CC(=O)NC1CCC(C(=O)O)C(C)(C)C1C. The first kappa shape index (κ1) is 17.5. The summed E-state index contributed by atoms with van der Waals surface area (Å²) in [5.74, 6) is -1.46. The number of hydrogen-bond donors (Lipinski definition) is 2. The van der Waals surface area contributed by atoms with Gasteiger partial charge in [0.25, 0.3) is 0 Å². The highest BCUT2D eigenvalue weighted by Crippen LogP contribution is 2.45. The van der Waals surface area contributed by atoms with Crippen molar-refractivity contribution in [2.24, 2.45) is 17.3 Å². The number of amides is 2. The van der Waals surface area contributed by atoms with Crippen molar-refractivity contribution >= 4 is 17.8 Å². The molecule has 0 aromatic heterocycles. The minimum Gasteiger partial charge on any atom is -0.481 e. The normalized spacial score (nSPS) is 27.8. The third-order valence-corrected chi connectivity index (χ3v) is 5.00. The maximum absolute atomic E-state index is 12.0. The average Bonchev–Trinajstić information content (AvgIpc) is 2.34. The van der Waals surface area contributed by atoms with Crippen molar-refractivity contribution in [3.63, 3.8) is 0 Å². The van der Waals surface area contributed by atoms with Gasteiger partial charge in [-0.3, -0.25) is 14.4 Å². The number of nitrogens with zero attached hydrogens (tertiary/aromatic N) is 1. The van der Waals surface area contributed by atoms with E-state index in [-0.39, 0.29) is 41.7 Å². The van der Waals surface area contributed by atoms with Gasteiger partial charge in [-0.15, -0.1) is 0 Å². The van der Waals surface area contributed by atoms with E-state index in [0.29, 0.717) is 12.8 Å². The van der Waals surface area contributed by atoms with Crippen LogP contribution >= 0.6 is 0 Å². The Morgan fingerprint density at radius 3 is 2.33 bits per heavy atom. The molecule has 2 amide bonds. The molecule has 0 aromatic carbocycles. The molecule has 0 aromatic rings. The predicted octanol–water partition coefficient (Wildman–Crippen LogP) is 1.11. The van der Waals surface area contributed by atoms with Crippen LogP contribution in [0.4, 0.5) is 0 Å². The Morgan fingerprint density at radius 1 is 1.29 bits per heavy atom. The van der Waals surface area contributed by atoms with Crippen molar-refractivity contribution in [3.05, 3.63) is 0 Å². The monoisotopic (exact) mass is 298 g/mol. The van der Waals surface area contributed by atoms with E-state index in [1.807, 2.05) is 20.8 Å². The summed E-state index contributed by atoms with van der Waals surface area (Å²) in [4.78, 5) is 35.8. The first-order valence-corrected chi connectivity index (χ1v) is 7.31. The van der Waals surface area contributed by atoms with E-state index in [9.17, 15) is 19.5 Å². The molecule has 0 saturated heterocycles. The summed E-state index contributed by atoms with van der Waals surface area (Å²) in [6.45, 7) is 7.31. The molecule has 21 heavy (non-hydrogen) atoms. The average molecular weight is 298 g/mol. The number of carboxylic acid groups (broad SMARTS) is 1. The highest BCUT2D eigenvalue weighted by atomic mass is 16.4. The van der Waals surface area contributed by atoms with Crippen molar-refractivity contribution < 1.29 is 19.5 Å². The second-order valence-corrected chi connectivity index (χ2v) is 6.63.